The van der Waals surface area contributed by atoms with E-state index >= 15 is 0 Å². The van der Waals surface area contributed by atoms with E-state index in [-0.39, 0.29) is 17.4 Å². The minimum absolute atomic E-state index is 0.0959. The van der Waals surface area contributed by atoms with Crippen LogP contribution in [0.4, 0.5) is 0 Å². The zero-order valence-corrected chi connectivity index (χ0v) is 13.7. The number of nitrogens with zero attached hydrogens (tertiary/aromatic N) is 2. The Morgan fingerprint density at radius 1 is 1.55 bits per heavy atom. The molecular weight excluding hydrogens is 270 g/mol. The normalized spacial score (nSPS) is 21.9. The first-order valence-corrected chi connectivity index (χ1v) is 8.17. The quantitative estimate of drug-likeness (QED) is 0.912. The fourth-order valence-electron chi connectivity index (χ4n) is 2.70. The van der Waals surface area contributed by atoms with Crippen molar-refractivity contribution in [3.05, 3.63) is 16.1 Å². The molecule has 0 radical (unpaired) electrons. The highest BCUT2D eigenvalue weighted by molar-refractivity contribution is 7.11. The summed E-state index contributed by atoms with van der Waals surface area (Å²) >= 11 is 1.45. The van der Waals surface area contributed by atoms with Crippen LogP contribution in [0.5, 0.6) is 0 Å². The third-order valence-electron chi connectivity index (χ3n) is 3.96. The minimum atomic E-state index is -0.0959. The smallest absolute Gasteiger partial charge is 0.265 e. The van der Waals surface area contributed by atoms with Gasteiger partial charge in [-0.05, 0) is 25.7 Å². The first kappa shape index (κ1) is 15.4. The maximum absolute atomic E-state index is 12.8. The van der Waals surface area contributed by atoms with Gasteiger partial charge >= 0.3 is 0 Å². The monoisotopic (exact) mass is 295 g/mol. The topological polar surface area (TPSA) is 59.2 Å². The highest BCUT2D eigenvalue weighted by atomic mass is 32.1. The van der Waals surface area contributed by atoms with Crippen molar-refractivity contribution in [1.82, 2.24) is 9.88 Å². The van der Waals surface area contributed by atoms with Crippen molar-refractivity contribution in [2.45, 2.75) is 52.0 Å². The van der Waals surface area contributed by atoms with E-state index in [2.05, 4.69) is 25.8 Å². The Morgan fingerprint density at radius 3 is 2.85 bits per heavy atom. The molecule has 1 aromatic heterocycles. The molecule has 1 aliphatic heterocycles. The second-order valence-electron chi connectivity index (χ2n) is 6.79. The van der Waals surface area contributed by atoms with E-state index in [0.29, 0.717) is 5.92 Å². The fourth-order valence-corrected chi connectivity index (χ4v) is 3.66. The van der Waals surface area contributed by atoms with Crippen LogP contribution in [0.3, 0.4) is 0 Å². The summed E-state index contributed by atoms with van der Waals surface area (Å²) in [6.45, 7) is 9.94. The van der Waals surface area contributed by atoms with Gasteiger partial charge in [0.25, 0.3) is 5.91 Å². The van der Waals surface area contributed by atoms with Gasteiger partial charge in [0.1, 0.15) is 4.88 Å². The molecule has 1 aromatic rings. The van der Waals surface area contributed by atoms with Crippen molar-refractivity contribution >= 4 is 17.2 Å². The Hall–Kier alpha value is -0.940. The molecule has 1 saturated heterocycles. The lowest BCUT2D eigenvalue weighted by molar-refractivity contribution is 0.0663. The van der Waals surface area contributed by atoms with Gasteiger partial charge in [0.05, 0.1) is 11.2 Å². The SMILES string of the molecule is C[C@@H](N)[C@@H]1CCCN(C(=O)c2scnc2C(C)(C)C)C1. The summed E-state index contributed by atoms with van der Waals surface area (Å²) in [5.41, 5.74) is 8.59. The van der Waals surface area contributed by atoms with Gasteiger partial charge in [0, 0.05) is 24.5 Å². The predicted octanol–water partition coefficient (Wildman–Crippen LogP) is 2.64. The number of hydrogen-bond acceptors (Lipinski definition) is 4. The Bertz CT molecular complexity index is 476. The second kappa shape index (κ2) is 5.82. The first-order chi connectivity index (χ1) is 9.30. The molecule has 20 heavy (non-hydrogen) atoms. The van der Waals surface area contributed by atoms with Gasteiger partial charge in [-0.15, -0.1) is 11.3 Å². The summed E-state index contributed by atoms with van der Waals surface area (Å²) in [7, 11) is 0. The van der Waals surface area contributed by atoms with Gasteiger partial charge < -0.3 is 10.6 Å². The van der Waals surface area contributed by atoms with Crippen molar-refractivity contribution < 1.29 is 4.79 Å². The van der Waals surface area contributed by atoms with Crippen LogP contribution in [0.2, 0.25) is 0 Å². The van der Waals surface area contributed by atoms with E-state index in [1.807, 2.05) is 11.8 Å². The number of thiazole rings is 1. The number of carbonyl (C=O) groups excluding carboxylic acids is 1. The Labute approximate surface area is 125 Å². The summed E-state index contributed by atoms with van der Waals surface area (Å²) in [6.07, 6.45) is 2.16. The van der Waals surface area contributed by atoms with Gasteiger partial charge in [-0.25, -0.2) is 4.98 Å². The van der Waals surface area contributed by atoms with E-state index in [9.17, 15) is 4.79 Å². The zero-order chi connectivity index (χ0) is 14.9. The molecule has 0 unspecified atom stereocenters. The molecule has 2 heterocycles. The van der Waals surface area contributed by atoms with Crippen LogP contribution in [-0.4, -0.2) is 34.9 Å². The fraction of sp³-hybridized carbons (Fsp3) is 0.733. The lowest BCUT2D eigenvalue weighted by atomic mass is 9.90. The average molecular weight is 295 g/mol. The second-order valence-corrected chi connectivity index (χ2v) is 7.65. The van der Waals surface area contributed by atoms with Crippen LogP contribution in [0.15, 0.2) is 5.51 Å². The van der Waals surface area contributed by atoms with E-state index < -0.39 is 0 Å². The summed E-state index contributed by atoms with van der Waals surface area (Å²) in [5.74, 6) is 0.543. The first-order valence-electron chi connectivity index (χ1n) is 7.29. The van der Waals surface area contributed by atoms with Crippen molar-refractivity contribution in [1.29, 1.82) is 0 Å². The van der Waals surface area contributed by atoms with Crippen molar-refractivity contribution in [3.8, 4) is 0 Å². The van der Waals surface area contributed by atoms with Gasteiger partial charge in [0.2, 0.25) is 0 Å². The molecule has 4 nitrogen and oxygen atoms in total. The standard InChI is InChI=1S/C15H25N3OS/c1-10(16)11-6-5-7-18(8-11)14(19)12-13(15(2,3)4)17-9-20-12/h9-11H,5-8,16H2,1-4H3/t10-,11-/m1/s1. The molecule has 0 aliphatic carbocycles. The minimum Gasteiger partial charge on any atom is -0.338 e. The van der Waals surface area contributed by atoms with Crippen molar-refractivity contribution in [3.63, 3.8) is 0 Å². The molecule has 1 aliphatic rings. The predicted molar refractivity (Wildman–Crippen MR) is 83.1 cm³/mol. The Kier molecular flexibility index (Phi) is 4.49. The van der Waals surface area contributed by atoms with E-state index in [4.69, 9.17) is 5.73 Å². The molecule has 1 fully saturated rings. The van der Waals surface area contributed by atoms with E-state index in [1.54, 1.807) is 5.51 Å². The number of hydrogen-bond donors (Lipinski definition) is 1. The molecule has 0 bridgehead atoms. The number of rotatable bonds is 2. The van der Waals surface area contributed by atoms with Crippen LogP contribution in [0, 0.1) is 5.92 Å². The summed E-state index contributed by atoms with van der Waals surface area (Å²) < 4.78 is 0. The molecule has 2 atom stereocenters. The van der Waals surface area contributed by atoms with Crippen LogP contribution in [0.1, 0.15) is 55.9 Å². The lowest BCUT2D eigenvalue weighted by Crippen LogP contribution is -2.45. The zero-order valence-electron chi connectivity index (χ0n) is 12.8. The van der Waals surface area contributed by atoms with Crippen LogP contribution < -0.4 is 5.73 Å². The van der Waals surface area contributed by atoms with Gasteiger partial charge in [-0.1, -0.05) is 20.8 Å². The van der Waals surface area contributed by atoms with Crippen LogP contribution in [0.25, 0.3) is 0 Å². The molecule has 112 valence electrons. The number of piperidine rings is 1. The highest BCUT2D eigenvalue weighted by Gasteiger charge is 2.31. The van der Waals surface area contributed by atoms with E-state index in [1.165, 1.54) is 11.3 Å². The lowest BCUT2D eigenvalue weighted by Gasteiger charge is -2.34. The summed E-state index contributed by atoms with van der Waals surface area (Å²) in [4.78, 5) is 19.9. The van der Waals surface area contributed by atoms with Crippen LogP contribution in [-0.2, 0) is 5.41 Å². The molecule has 1 amide bonds. The number of likely N-dealkylation sites (tertiary alicyclic amines) is 1. The molecular formula is C15H25N3OS. The van der Waals surface area contributed by atoms with Crippen LogP contribution >= 0.6 is 11.3 Å². The number of nitrogens with two attached hydrogens (primary N) is 1. The largest absolute Gasteiger partial charge is 0.338 e. The van der Waals surface area contributed by atoms with Gasteiger partial charge in [0.15, 0.2) is 0 Å². The maximum atomic E-state index is 12.8. The number of amides is 1. The molecule has 0 saturated carbocycles. The van der Waals surface area contributed by atoms with Crippen molar-refractivity contribution in [2.24, 2.45) is 11.7 Å². The van der Waals surface area contributed by atoms with Gasteiger partial charge in [-0.3, -0.25) is 4.79 Å². The molecule has 2 rings (SSSR count). The van der Waals surface area contributed by atoms with Crippen molar-refractivity contribution in [2.75, 3.05) is 13.1 Å². The third kappa shape index (κ3) is 3.20. The molecule has 5 heteroatoms. The Balaban J connectivity index is 2.18. The number of aromatic nitrogens is 1. The molecule has 0 aromatic carbocycles. The molecule has 0 spiro atoms. The third-order valence-corrected chi connectivity index (χ3v) is 4.78. The highest BCUT2D eigenvalue weighted by Crippen LogP contribution is 2.29. The molecule has 2 N–H and O–H groups in total. The van der Waals surface area contributed by atoms with E-state index in [0.717, 1.165) is 36.5 Å². The average Bonchev–Trinajstić information content (AvgIpc) is 2.87. The summed E-state index contributed by atoms with van der Waals surface area (Å²) in [6, 6.07) is 0.147. The Morgan fingerprint density at radius 2 is 2.25 bits per heavy atom. The van der Waals surface area contributed by atoms with Gasteiger partial charge in [-0.2, -0.15) is 0 Å². The maximum Gasteiger partial charge on any atom is 0.265 e. The summed E-state index contributed by atoms with van der Waals surface area (Å²) in [5, 5.41) is 0. The number of carbonyl (C=O) groups is 1.